The molecule has 5 rings (SSSR count). The number of aliphatic hydroxyl groups is 2. The molecule has 1 aromatic heterocycles. The van der Waals surface area contributed by atoms with Gasteiger partial charge in [-0.1, -0.05) is 91.0 Å². The first-order chi connectivity index (χ1) is 25.5. The number of esters is 2. The molecule has 0 bridgehead atoms. The number of ether oxygens (including phenoxy) is 2. The number of hydrogen-bond donors (Lipinski definition) is 3. The molecule has 0 aliphatic rings. The molecular formula is C43H43FN2O7. The normalized spacial score (nSPS) is 12.4. The highest BCUT2D eigenvalue weighted by Gasteiger charge is 2.29. The SMILES string of the molecule is COC(=O)CC(O)CC(O)/C=C/c1c(-c2ccc(F)cc2)c(-c2ccccc2)c(C(=O)NCc2ccc(C(=O)OCc3ccccc3)cc2)n1C(C)C. The summed E-state index contributed by atoms with van der Waals surface area (Å²) in [5, 5.41) is 24.3. The Kier molecular flexibility index (Phi) is 13.1. The molecule has 0 saturated carbocycles. The zero-order chi connectivity index (χ0) is 37.9. The molecule has 0 spiro atoms. The first-order valence-electron chi connectivity index (χ1n) is 17.3. The lowest BCUT2D eigenvalue weighted by molar-refractivity contribution is -0.143. The Bertz CT molecular complexity index is 2020. The van der Waals surface area contributed by atoms with Gasteiger partial charge in [0.1, 0.15) is 18.1 Å². The number of carbonyl (C=O) groups excluding carboxylic acids is 3. The van der Waals surface area contributed by atoms with Gasteiger partial charge in [0.05, 0.1) is 31.3 Å². The minimum atomic E-state index is -1.14. The maximum absolute atomic E-state index is 14.4. The number of aliphatic hydroxyl groups excluding tert-OH is 2. The zero-order valence-electron chi connectivity index (χ0n) is 29.9. The van der Waals surface area contributed by atoms with Crippen LogP contribution in [-0.2, 0) is 27.4 Å². The van der Waals surface area contributed by atoms with Crippen LogP contribution >= 0.6 is 0 Å². The monoisotopic (exact) mass is 718 g/mol. The van der Waals surface area contributed by atoms with Gasteiger partial charge in [0.2, 0.25) is 0 Å². The lowest BCUT2D eigenvalue weighted by atomic mass is 9.94. The molecule has 5 aromatic rings. The van der Waals surface area contributed by atoms with Crippen molar-refractivity contribution in [1.29, 1.82) is 0 Å². The molecule has 0 saturated heterocycles. The fourth-order valence-electron chi connectivity index (χ4n) is 6.08. The summed E-state index contributed by atoms with van der Waals surface area (Å²) in [6.45, 7) is 4.18. The number of benzene rings is 4. The number of aromatic nitrogens is 1. The van der Waals surface area contributed by atoms with Crippen molar-refractivity contribution in [2.24, 2.45) is 0 Å². The van der Waals surface area contributed by atoms with Crippen molar-refractivity contribution in [3.05, 3.63) is 149 Å². The molecule has 274 valence electrons. The van der Waals surface area contributed by atoms with Crippen molar-refractivity contribution in [2.45, 2.75) is 58.1 Å². The van der Waals surface area contributed by atoms with E-state index in [0.29, 0.717) is 33.6 Å². The largest absolute Gasteiger partial charge is 0.469 e. The number of hydrogen-bond acceptors (Lipinski definition) is 7. The van der Waals surface area contributed by atoms with Gasteiger partial charge in [-0.2, -0.15) is 0 Å². The number of nitrogens with one attached hydrogen (secondary N) is 1. The van der Waals surface area contributed by atoms with Crippen molar-refractivity contribution in [3.8, 4) is 22.3 Å². The summed E-state index contributed by atoms with van der Waals surface area (Å²) in [6.07, 6.45) is 0.529. The van der Waals surface area contributed by atoms with Crippen LogP contribution in [0.3, 0.4) is 0 Å². The fraction of sp³-hybridized carbons (Fsp3) is 0.233. The minimum Gasteiger partial charge on any atom is -0.469 e. The van der Waals surface area contributed by atoms with Gasteiger partial charge in [-0.15, -0.1) is 0 Å². The number of carbonyl (C=O) groups is 3. The number of nitrogens with zero attached hydrogens (tertiary/aromatic N) is 1. The van der Waals surface area contributed by atoms with Gasteiger partial charge in [-0.3, -0.25) is 9.59 Å². The smallest absolute Gasteiger partial charge is 0.338 e. The quantitative estimate of drug-likeness (QED) is 0.0957. The Morgan fingerprint density at radius 2 is 1.43 bits per heavy atom. The topological polar surface area (TPSA) is 127 Å². The van der Waals surface area contributed by atoms with Crippen LogP contribution in [0, 0.1) is 5.82 Å². The third kappa shape index (κ3) is 9.94. The lowest BCUT2D eigenvalue weighted by Crippen LogP contribution is -2.27. The first kappa shape index (κ1) is 38.4. The zero-order valence-corrected chi connectivity index (χ0v) is 29.9. The van der Waals surface area contributed by atoms with E-state index in [1.807, 2.05) is 79.1 Å². The highest BCUT2D eigenvalue weighted by Crippen LogP contribution is 2.42. The van der Waals surface area contributed by atoms with Crippen LogP contribution in [0.5, 0.6) is 0 Å². The van der Waals surface area contributed by atoms with E-state index in [0.717, 1.165) is 16.7 Å². The van der Waals surface area contributed by atoms with Crippen molar-refractivity contribution in [1.82, 2.24) is 9.88 Å². The van der Waals surface area contributed by atoms with Crippen molar-refractivity contribution in [2.75, 3.05) is 7.11 Å². The third-order valence-corrected chi connectivity index (χ3v) is 8.65. The van der Waals surface area contributed by atoms with E-state index in [4.69, 9.17) is 4.74 Å². The van der Waals surface area contributed by atoms with Gasteiger partial charge < -0.3 is 29.6 Å². The molecule has 3 N–H and O–H groups in total. The maximum atomic E-state index is 14.4. The van der Waals surface area contributed by atoms with Crippen LogP contribution in [0.1, 0.15) is 70.4 Å². The predicted octanol–water partition coefficient (Wildman–Crippen LogP) is 7.52. The number of amides is 1. The second-order valence-electron chi connectivity index (χ2n) is 12.9. The Labute approximate surface area is 308 Å². The predicted molar refractivity (Wildman–Crippen MR) is 201 cm³/mol. The van der Waals surface area contributed by atoms with Gasteiger partial charge in [-0.05, 0) is 66.4 Å². The molecule has 0 aliphatic heterocycles. The summed E-state index contributed by atoms with van der Waals surface area (Å²) in [5.41, 5.74) is 5.61. The van der Waals surface area contributed by atoms with Crippen molar-refractivity contribution >= 4 is 23.9 Å². The molecule has 4 aromatic carbocycles. The van der Waals surface area contributed by atoms with Crippen LogP contribution in [0.15, 0.2) is 115 Å². The Morgan fingerprint density at radius 3 is 2.06 bits per heavy atom. The van der Waals surface area contributed by atoms with E-state index >= 15 is 0 Å². The Morgan fingerprint density at radius 1 is 0.811 bits per heavy atom. The maximum Gasteiger partial charge on any atom is 0.338 e. The minimum absolute atomic E-state index is 0.123. The molecule has 2 atom stereocenters. The Balaban J connectivity index is 1.49. The van der Waals surface area contributed by atoms with Crippen molar-refractivity contribution in [3.63, 3.8) is 0 Å². The van der Waals surface area contributed by atoms with Gasteiger partial charge >= 0.3 is 11.9 Å². The average molecular weight is 719 g/mol. The second-order valence-corrected chi connectivity index (χ2v) is 12.9. The molecule has 1 amide bonds. The highest BCUT2D eigenvalue weighted by atomic mass is 19.1. The number of methoxy groups -OCH3 is 1. The molecule has 53 heavy (non-hydrogen) atoms. The third-order valence-electron chi connectivity index (χ3n) is 8.65. The molecule has 0 fully saturated rings. The van der Waals surface area contributed by atoms with Crippen LogP contribution in [0.2, 0.25) is 0 Å². The first-order valence-corrected chi connectivity index (χ1v) is 17.3. The number of rotatable bonds is 15. The summed E-state index contributed by atoms with van der Waals surface area (Å²) >= 11 is 0. The van der Waals surface area contributed by atoms with E-state index in [1.54, 1.807) is 42.5 Å². The summed E-state index contributed by atoms with van der Waals surface area (Å²) in [4.78, 5) is 38.7. The molecule has 2 unspecified atom stereocenters. The Hall–Kier alpha value is -5.84. The van der Waals surface area contributed by atoms with E-state index < -0.39 is 30.0 Å². The molecule has 0 radical (unpaired) electrons. The van der Waals surface area contributed by atoms with Gasteiger partial charge in [0, 0.05) is 35.8 Å². The standard InChI is InChI=1S/C43H43FN2O7/c1-28(2)46-37(23-22-35(47)24-36(48)25-38(49)52-3)39(32-18-20-34(44)21-19-32)40(31-12-8-5-9-13-31)41(46)42(50)45-26-29-14-16-33(17-15-29)43(51)53-27-30-10-6-4-7-11-30/h4-23,28,35-36,47-48H,24-27H2,1-3H3,(H,45,50)/b23-22+. The van der Waals surface area contributed by atoms with Gasteiger partial charge in [-0.25, -0.2) is 9.18 Å². The molecular weight excluding hydrogens is 675 g/mol. The molecule has 9 nitrogen and oxygen atoms in total. The molecule has 1 heterocycles. The van der Waals surface area contributed by atoms with E-state index in [-0.39, 0.29) is 37.9 Å². The van der Waals surface area contributed by atoms with Crippen LogP contribution in [0.25, 0.3) is 28.3 Å². The summed E-state index contributed by atoms with van der Waals surface area (Å²) in [6, 6.07) is 31.4. The van der Waals surface area contributed by atoms with Crippen molar-refractivity contribution < 1.29 is 38.5 Å². The summed E-state index contributed by atoms with van der Waals surface area (Å²) < 4.78 is 26.1. The lowest BCUT2D eigenvalue weighted by Gasteiger charge is -2.17. The van der Waals surface area contributed by atoms with E-state index in [9.17, 15) is 29.0 Å². The van der Waals surface area contributed by atoms with Crippen LogP contribution < -0.4 is 5.32 Å². The average Bonchev–Trinajstić information content (AvgIpc) is 3.52. The van der Waals surface area contributed by atoms with Crippen LogP contribution in [0.4, 0.5) is 4.39 Å². The second kappa shape index (κ2) is 18.1. The molecule has 10 heteroatoms. The summed E-state index contributed by atoms with van der Waals surface area (Å²) in [5.74, 6) is -1.84. The van der Waals surface area contributed by atoms with Crippen LogP contribution in [-0.4, -0.2) is 51.9 Å². The van der Waals surface area contributed by atoms with Gasteiger partial charge in [0.15, 0.2) is 0 Å². The highest BCUT2D eigenvalue weighted by molar-refractivity contribution is 6.06. The fourth-order valence-corrected chi connectivity index (χ4v) is 6.08. The molecule has 0 aliphatic carbocycles. The summed E-state index contributed by atoms with van der Waals surface area (Å²) in [7, 11) is 1.23. The number of halogens is 1. The van der Waals surface area contributed by atoms with E-state index in [2.05, 4.69) is 10.1 Å². The van der Waals surface area contributed by atoms with Gasteiger partial charge in [0.25, 0.3) is 5.91 Å². The van der Waals surface area contributed by atoms with E-state index in [1.165, 1.54) is 25.3 Å².